The van der Waals surface area contributed by atoms with Crippen molar-refractivity contribution in [3.63, 3.8) is 0 Å². The van der Waals surface area contributed by atoms with Crippen LogP contribution in [-0.2, 0) is 0 Å². The van der Waals surface area contributed by atoms with Crippen molar-refractivity contribution in [3.8, 4) is 17.0 Å². The van der Waals surface area contributed by atoms with E-state index in [0.717, 1.165) is 11.8 Å². The molecule has 2 aromatic heterocycles. The Morgan fingerprint density at radius 3 is 2.71 bits per heavy atom. The Hall–Kier alpha value is -3.55. The van der Waals surface area contributed by atoms with E-state index < -0.39 is 11.7 Å². The molecule has 142 valence electrons. The van der Waals surface area contributed by atoms with Gasteiger partial charge in [-0.25, -0.2) is 9.07 Å². The first-order chi connectivity index (χ1) is 13.6. The van der Waals surface area contributed by atoms with E-state index in [2.05, 4.69) is 10.1 Å². The van der Waals surface area contributed by atoms with Crippen molar-refractivity contribution < 1.29 is 13.9 Å². The van der Waals surface area contributed by atoms with Gasteiger partial charge >= 0.3 is 0 Å². The summed E-state index contributed by atoms with van der Waals surface area (Å²) in [4.78, 5) is 29.8. The molecule has 3 aromatic rings. The fraction of sp³-hybridized carbons (Fsp3) is 0.200. The molecule has 1 saturated heterocycles. The predicted molar refractivity (Wildman–Crippen MR) is 99.6 cm³/mol. The summed E-state index contributed by atoms with van der Waals surface area (Å²) in [6, 6.07) is 11.6. The topological polar surface area (TPSA) is 77.3 Å². The van der Waals surface area contributed by atoms with Crippen LogP contribution < -0.4 is 10.3 Å². The number of methoxy groups -OCH3 is 1. The molecule has 28 heavy (non-hydrogen) atoms. The second-order valence-electron chi connectivity index (χ2n) is 6.42. The number of hydrogen-bond acceptors (Lipinski definition) is 5. The van der Waals surface area contributed by atoms with Crippen LogP contribution in [0.1, 0.15) is 16.4 Å². The van der Waals surface area contributed by atoms with Crippen molar-refractivity contribution in [2.45, 2.75) is 6.04 Å². The molecule has 1 amide bonds. The van der Waals surface area contributed by atoms with Gasteiger partial charge in [-0.15, -0.1) is 0 Å². The molecule has 7 nitrogen and oxygen atoms in total. The van der Waals surface area contributed by atoms with Gasteiger partial charge in [0.2, 0.25) is 0 Å². The number of hydrogen-bond donors (Lipinski definition) is 0. The number of benzene rings is 1. The van der Waals surface area contributed by atoms with Gasteiger partial charge in [-0.3, -0.25) is 14.6 Å². The van der Waals surface area contributed by atoms with Crippen LogP contribution in [0.25, 0.3) is 11.3 Å². The van der Waals surface area contributed by atoms with E-state index in [0.29, 0.717) is 11.4 Å². The van der Waals surface area contributed by atoms with Gasteiger partial charge in [-0.2, -0.15) is 5.10 Å². The molecule has 1 fully saturated rings. The summed E-state index contributed by atoms with van der Waals surface area (Å²) in [5.74, 6) is -0.437. The highest BCUT2D eigenvalue weighted by atomic mass is 19.1. The second kappa shape index (κ2) is 7.22. The Morgan fingerprint density at radius 1 is 1.18 bits per heavy atom. The molecule has 0 atom stereocenters. The molecule has 0 bridgehead atoms. The Balaban J connectivity index is 1.56. The van der Waals surface area contributed by atoms with Gasteiger partial charge < -0.3 is 9.64 Å². The zero-order chi connectivity index (χ0) is 19.7. The quantitative estimate of drug-likeness (QED) is 0.693. The summed E-state index contributed by atoms with van der Waals surface area (Å²) >= 11 is 0. The van der Waals surface area contributed by atoms with Gasteiger partial charge in [-0.1, -0.05) is 12.1 Å². The van der Waals surface area contributed by atoms with Gasteiger partial charge in [0.05, 0.1) is 30.6 Å². The Labute approximate surface area is 160 Å². The van der Waals surface area contributed by atoms with Crippen LogP contribution in [0.2, 0.25) is 0 Å². The van der Waals surface area contributed by atoms with Crippen molar-refractivity contribution in [2.75, 3.05) is 20.2 Å². The third-order valence-corrected chi connectivity index (χ3v) is 4.71. The maximum atomic E-state index is 13.8. The highest BCUT2D eigenvalue weighted by Gasteiger charge is 2.34. The summed E-state index contributed by atoms with van der Waals surface area (Å²) < 4.78 is 20.5. The van der Waals surface area contributed by atoms with Crippen LogP contribution in [0.3, 0.4) is 0 Å². The first-order valence-electron chi connectivity index (χ1n) is 8.70. The Morgan fingerprint density at radius 2 is 1.96 bits per heavy atom. The molecule has 0 N–H and O–H groups in total. The summed E-state index contributed by atoms with van der Waals surface area (Å²) in [5.41, 5.74) is 1.08. The first-order valence-corrected chi connectivity index (χ1v) is 8.70. The third-order valence-electron chi connectivity index (χ3n) is 4.71. The maximum Gasteiger partial charge on any atom is 0.267 e. The third kappa shape index (κ3) is 3.13. The van der Waals surface area contributed by atoms with Gasteiger partial charge in [0.1, 0.15) is 5.75 Å². The molecule has 0 unspecified atom stereocenters. The number of aromatic nitrogens is 3. The van der Waals surface area contributed by atoms with E-state index in [-0.39, 0.29) is 30.3 Å². The van der Waals surface area contributed by atoms with Crippen molar-refractivity contribution in [1.82, 2.24) is 19.7 Å². The van der Waals surface area contributed by atoms with E-state index in [1.54, 1.807) is 13.2 Å². The number of carbonyl (C=O) groups excluding carboxylic acids is 1. The molecule has 0 saturated carbocycles. The molecule has 8 heteroatoms. The van der Waals surface area contributed by atoms with Crippen molar-refractivity contribution in [3.05, 3.63) is 76.6 Å². The van der Waals surface area contributed by atoms with Gasteiger partial charge in [0, 0.05) is 30.9 Å². The predicted octanol–water partition coefficient (Wildman–Crippen LogP) is 2.15. The molecule has 0 spiro atoms. The number of amides is 1. The normalized spacial score (nSPS) is 13.9. The fourth-order valence-electron chi connectivity index (χ4n) is 3.18. The minimum absolute atomic E-state index is 0.0310. The Kier molecular flexibility index (Phi) is 4.60. The molecular weight excluding hydrogens is 363 g/mol. The van der Waals surface area contributed by atoms with E-state index in [4.69, 9.17) is 4.74 Å². The summed E-state index contributed by atoms with van der Waals surface area (Å²) in [7, 11) is 1.57. The molecule has 4 rings (SSSR count). The second-order valence-corrected chi connectivity index (χ2v) is 6.42. The smallest absolute Gasteiger partial charge is 0.267 e. The largest absolute Gasteiger partial charge is 0.496 e. The number of halogens is 1. The zero-order valence-electron chi connectivity index (χ0n) is 15.1. The lowest BCUT2D eigenvalue weighted by atomic mass is 10.1. The average molecular weight is 380 g/mol. The van der Waals surface area contributed by atoms with Gasteiger partial charge in [0.25, 0.3) is 11.5 Å². The Bertz CT molecular complexity index is 1090. The van der Waals surface area contributed by atoms with Crippen LogP contribution in [0.5, 0.6) is 5.75 Å². The molecular formula is C20H17FN4O3. The summed E-state index contributed by atoms with van der Waals surface area (Å²) in [6.07, 6.45) is 2.38. The number of ether oxygens (including phenoxy) is 1. The van der Waals surface area contributed by atoms with E-state index in [9.17, 15) is 14.0 Å². The molecule has 0 radical (unpaired) electrons. The van der Waals surface area contributed by atoms with E-state index >= 15 is 0 Å². The van der Waals surface area contributed by atoms with Crippen molar-refractivity contribution in [1.29, 1.82) is 0 Å². The number of pyridine rings is 1. The molecule has 0 aliphatic carbocycles. The molecule has 1 aliphatic rings. The number of rotatable bonds is 4. The average Bonchev–Trinajstić information content (AvgIpc) is 2.68. The number of carbonyl (C=O) groups is 1. The van der Waals surface area contributed by atoms with Crippen LogP contribution in [0, 0.1) is 5.82 Å². The zero-order valence-corrected chi connectivity index (χ0v) is 15.1. The van der Waals surface area contributed by atoms with Crippen LogP contribution in [0.4, 0.5) is 4.39 Å². The minimum atomic E-state index is -0.663. The van der Waals surface area contributed by atoms with Crippen molar-refractivity contribution >= 4 is 5.91 Å². The highest BCUT2D eigenvalue weighted by Crippen LogP contribution is 2.28. The lowest BCUT2D eigenvalue weighted by molar-refractivity contribution is 0.0488. The molecule has 3 heterocycles. The fourth-order valence-corrected chi connectivity index (χ4v) is 3.18. The summed E-state index contributed by atoms with van der Waals surface area (Å²) in [5, 5.41) is 4.46. The van der Waals surface area contributed by atoms with E-state index in [1.165, 1.54) is 27.9 Å². The summed E-state index contributed by atoms with van der Waals surface area (Å²) in [6.45, 7) is 0.561. The lowest BCUT2D eigenvalue weighted by Gasteiger charge is -2.39. The standard InChI is InChI=1S/C20H17FN4O3/c1-28-18-5-3-2-4-15(18)17-6-7-19(26)25(23-17)13-11-24(12-13)20(27)14-8-9-22-10-16(14)21/h2-10,13H,11-12H2,1H3. The van der Waals surface area contributed by atoms with Gasteiger partial charge in [-0.05, 0) is 24.3 Å². The molecule has 1 aromatic carbocycles. The van der Waals surface area contributed by atoms with Crippen LogP contribution in [-0.4, -0.2) is 45.8 Å². The van der Waals surface area contributed by atoms with Crippen LogP contribution >= 0.6 is 0 Å². The number of likely N-dealkylation sites (tertiary alicyclic amines) is 1. The highest BCUT2D eigenvalue weighted by molar-refractivity contribution is 5.94. The monoisotopic (exact) mass is 380 g/mol. The van der Waals surface area contributed by atoms with Gasteiger partial charge in [0.15, 0.2) is 5.82 Å². The SMILES string of the molecule is COc1ccccc1-c1ccc(=O)n(C2CN(C(=O)c3ccncc3F)C2)n1. The first kappa shape index (κ1) is 17.8. The van der Waals surface area contributed by atoms with Crippen molar-refractivity contribution in [2.24, 2.45) is 0 Å². The number of para-hydroxylation sites is 1. The maximum absolute atomic E-state index is 13.8. The number of nitrogens with zero attached hydrogens (tertiary/aromatic N) is 4. The van der Waals surface area contributed by atoms with E-state index in [1.807, 2.05) is 24.3 Å². The minimum Gasteiger partial charge on any atom is -0.496 e. The molecule has 1 aliphatic heterocycles. The lowest BCUT2D eigenvalue weighted by Crippen LogP contribution is -2.53. The van der Waals surface area contributed by atoms with Crippen LogP contribution in [0.15, 0.2) is 59.7 Å².